The summed E-state index contributed by atoms with van der Waals surface area (Å²) in [4.78, 5) is 24.7. The van der Waals surface area contributed by atoms with Crippen LogP contribution in [0.3, 0.4) is 0 Å². The van der Waals surface area contributed by atoms with Crippen LogP contribution in [0.15, 0.2) is 42.5 Å². The van der Waals surface area contributed by atoms with Gasteiger partial charge in [-0.1, -0.05) is 12.1 Å². The highest BCUT2D eigenvalue weighted by atomic mass is 19.1. The van der Waals surface area contributed by atoms with Crippen LogP contribution in [0.1, 0.15) is 50.9 Å². The first-order chi connectivity index (χ1) is 16.4. The Hall–Kier alpha value is -3.92. The Morgan fingerprint density at radius 1 is 1.21 bits per heavy atom. The van der Waals surface area contributed by atoms with E-state index in [2.05, 4.69) is 15.7 Å². The minimum Gasteiger partial charge on any atom is -0.496 e. The number of primary amides is 1. The molecule has 178 valence electrons. The summed E-state index contributed by atoms with van der Waals surface area (Å²) in [6.07, 6.45) is 1.77. The molecular formula is C24H27FN6O3. The fourth-order valence-corrected chi connectivity index (χ4v) is 4.16. The summed E-state index contributed by atoms with van der Waals surface area (Å²) >= 11 is 0. The molecule has 1 saturated heterocycles. The molecule has 1 fully saturated rings. The molecular weight excluding hydrogens is 439 g/mol. The molecule has 0 spiro atoms. The Morgan fingerprint density at radius 2 is 1.91 bits per heavy atom. The summed E-state index contributed by atoms with van der Waals surface area (Å²) in [7, 11) is 1.42. The van der Waals surface area contributed by atoms with E-state index >= 15 is 0 Å². The van der Waals surface area contributed by atoms with E-state index in [0.717, 1.165) is 37.6 Å². The van der Waals surface area contributed by atoms with E-state index in [9.17, 15) is 14.0 Å². The van der Waals surface area contributed by atoms with Crippen LogP contribution >= 0.6 is 0 Å². The first-order valence-electron chi connectivity index (χ1n) is 11.0. The first-order valence-corrected chi connectivity index (χ1v) is 11.0. The van der Waals surface area contributed by atoms with Crippen molar-refractivity contribution in [1.82, 2.24) is 20.4 Å². The van der Waals surface area contributed by atoms with Gasteiger partial charge in [0.1, 0.15) is 11.6 Å². The highest BCUT2D eigenvalue weighted by molar-refractivity contribution is 5.98. The Morgan fingerprint density at radius 3 is 2.56 bits per heavy atom. The second-order valence-electron chi connectivity index (χ2n) is 8.14. The number of anilines is 1. The van der Waals surface area contributed by atoms with Crippen molar-refractivity contribution >= 4 is 17.5 Å². The van der Waals surface area contributed by atoms with E-state index in [1.807, 2.05) is 0 Å². The maximum Gasteiger partial charge on any atom is 0.269 e. The molecule has 1 aliphatic heterocycles. The van der Waals surface area contributed by atoms with Gasteiger partial charge in [0.15, 0.2) is 5.69 Å². The van der Waals surface area contributed by atoms with Crippen molar-refractivity contribution in [1.29, 1.82) is 0 Å². The normalized spacial score (nSPS) is 14.1. The molecule has 2 amide bonds. The lowest BCUT2D eigenvalue weighted by Crippen LogP contribution is -2.27. The number of nitrogens with zero attached hydrogens (tertiary/aromatic N) is 2. The molecule has 6 N–H and O–H groups in total. The zero-order valence-corrected chi connectivity index (χ0v) is 18.8. The number of methoxy groups -OCH3 is 1. The van der Waals surface area contributed by atoms with Crippen LogP contribution in [0, 0.1) is 5.82 Å². The third kappa shape index (κ3) is 4.72. The second-order valence-corrected chi connectivity index (χ2v) is 8.14. The number of ether oxygens (including phenoxy) is 1. The number of hydrogen-bond acceptors (Lipinski definition) is 6. The summed E-state index contributed by atoms with van der Waals surface area (Å²) in [5.74, 6) is -1.18. The zero-order valence-electron chi connectivity index (χ0n) is 18.8. The predicted octanol–water partition coefficient (Wildman–Crippen LogP) is 2.10. The van der Waals surface area contributed by atoms with E-state index < -0.39 is 17.6 Å². The Bertz CT molecular complexity index is 1200. The third-order valence-corrected chi connectivity index (χ3v) is 5.95. The van der Waals surface area contributed by atoms with Crippen LogP contribution in [-0.4, -0.2) is 41.8 Å². The number of carbonyl (C=O) groups excluding carboxylic acids is 2. The monoisotopic (exact) mass is 466 g/mol. The number of benzene rings is 2. The van der Waals surface area contributed by atoms with Gasteiger partial charge in [0.25, 0.3) is 11.8 Å². The van der Waals surface area contributed by atoms with Gasteiger partial charge in [-0.05, 0) is 61.8 Å². The van der Waals surface area contributed by atoms with E-state index in [1.54, 1.807) is 24.3 Å². The van der Waals surface area contributed by atoms with E-state index in [0.29, 0.717) is 17.1 Å². The number of nitrogen functional groups attached to an aromatic ring is 1. The Balaban J connectivity index is 1.52. The standard InChI is InChI=1S/C24H27FN6O3/c1-34-19-7-4-16(25)12-18(19)24(33)29-13-14-2-5-17(6-3-14)31-22(23(27)32)20(26)21(30-31)15-8-10-28-11-9-15/h2-7,12,15,28H,8-11,13,26H2,1H3,(H2,27,32)(H,29,33). The average molecular weight is 467 g/mol. The number of aromatic nitrogens is 2. The molecule has 0 unspecified atom stereocenters. The van der Waals surface area contributed by atoms with Crippen molar-refractivity contribution in [3.05, 3.63) is 70.8 Å². The highest BCUT2D eigenvalue weighted by Gasteiger charge is 2.27. The minimum absolute atomic E-state index is 0.114. The Labute approximate surface area is 196 Å². The first kappa shape index (κ1) is 23.2. The molecule has 1 aliphatic rings. The summed E-state index contributed by atoms with van der Waals surface area (Å²) in [6.45, 7) is 1.94. The smallest absolute Gasteiger partial charge is 0.269 e. The number of amides is 2. The molecule has 34 heavy (non-hydrogen) atoms. The number of piperidine rings is 1. The number of rotatable bonds is 7. The molecule has 1 aromatic heterocycles. The van der Waals surface area contributed by atoms with Gasteiger partial charge >= 0.3 is 0 Å². The van der Waals surface area contributed by atoms with Crippen LogP contribution < -0.4 is 26.8 Å². The van der Waals surface area contributed by atoms with Crippen LogP contribution in [-0.2, 0) is 6.54 Å². The predicted molar refractivity (Wildman–Crippen MR) is 125 cm³/mol. The molecule has 10 heteroatoms. The van der Waals surface area contributed by atoms with Crippen LogP contribution in [0.5, 0.6) is 5.75 Å². The van der Waals surface area contributed by atoms with Gasteiger partial charge in [-0.15, -0.1) is 0 Å². The quantitative estimate of drug-likeness (QED) is 0.421. The maximum absolute atomic E-state index is 13.6. The van der Waals surface area contributed by atoms with Crippen molar-refractivity contribution in [2.24, 2.45) is 5.73 Å². The van der Waals surface area contributed by atoms with Crippen molar-refractivity contribution in [2.45, 2.75) is 25.3 Å². The van der Waals surface area contributed by atoms with Crippen LogP contribution in [0.25, 0.3) is 5.69 Å². The number of hydrogen-bond donors (Lipinski definition) is 4. The van der Waals surface area contributed by atoms with Crippen molar-refractivity contribution in [3.63, 3.8) is 0 Å². The number of nitrogens with one attached hydrogen (secondary N) is 2. The second kappa shape index (κ2) is 9.92. The molecule has 2 aromatic carbocycles. The lowest BCUT2D eigenvalue weighted by Gasteiger charge is -2.21. The van der Waals surface area contributed by atoms with Gasteiger partial charge in [-0.3, -0.25) is 9.59 Å². The SMILES string of the molecule is COc1ccc(F)cc1C(=O)NCc1ccc(-n2nc(C3CCNCC3)c(N)c2C(N)=O)cc1. The van der Waals surface area contributed by atoms with E-state index in [4.69, 9.17) is 16.2 Å². The van der Waals surface area contributed by atoms with Gasteiger partial charge in [0.05, 0.1) is 29.7 Å². The van der Waals surface area contributed by atoms with Crippen molar-refractivity contribution < 1.29 is 18.7 Å². The number of nitrogens with two attached hydrogens (primary N) is 2. The number of carbonyl (C=O) groups is 2. The third-order valence-electron chi connectivity index (χ3n) is 5.95. The van der Waals surface area contributed by atoms with Crippen LogP contribution in [0.4, 0.5) is 10.1 Å². The average Bonchev–Trinajstić information content (AvgIpc) is 3.20. The molecule has 0 bridgehead atoms. The molecule has 3 aromatic rings. The lowest BCUT2D eigenvalue weighted by molar-refractivity contribution is 0.0946. The summed E-state index contributed by atoms with van der Waals surface area (Å²) in [6, 6.07) is 10.9. The molecule has 0 aliphatic carbocycles. The Kier molecular flexibility index (Phi) is 6.78. The van der Waals surface area contributed by atoms with Gasteiger partial charge in [-0.2, -0.15) is 5.10 Å². The molecule has 0 atom stereocenters. The minimum atomic E-state index is -0.648. The number of halogens is 1. The lowest BCUT2D eigenvalue weighted by atomic mass is 9.93. The molecule has 0 radical (unpaired) electrons. The maximum atomic E-state index is 13.6. The van der Waals surface area contributed by atoms with Gasteiger partial charge in [0, 0.05) is 12.5 Å². The zero-order chi connectivity index (χ0) is 24.2. The van der Waals surface area contributed by atoms with Crippen LogP contribution in [0.2, 0.25) is 0 Å². The van der Waals surface area contributed by atoms with Gasteiger partial charge in [0.2, 0.25) is 0 Å². The summed E-state index contributed by atoms with van der Waals surface area (Å²) < 4.78 is 20.2. The summed E-state index contributed by atoms with van der Waals surface area (Å²) in [5, 5.41) is 10.7. The molecule has 0 saturated carbocycles. The topological polar surface area (TPSA) is 137 Å². The van der Waals surface area contributed by atoms with Crippen molar-refractivity contribution in [2.75, 3.05) is 25.9 Å². The molecule has 2 heterocycles. The summed E-state index contributed by atoms with van der Waals surface area (Å²) in [5.41, 5.74) is 14.6. The van der Waals surface area contributed by atoms with E-state index in [1.165, 1.54) is 23.9 Å². The fourth-order valence-electron chi connectivity index (χ4n) is 4.16. The molecule has 9 nitrogen and oxygen atoms in total. The van der Waals surface area contributed by atoms with Gasteiger partial charge < -0.3 is 26.8 Å². The highest BCUT2D eigenvalue weighted by Crippen LogP contribution is 2.32. The molecule has 4 rings (SSSR count). The van der Waals surface area contributed by atoms with E-state index in [-0.39, 0.29) is 29.5 Å². The van der Waals surface area contributed by atoms with Gasteiger partial charge in [-0.25, -0.2) is 9.07 Å². The fraction of sp³-hybridized carbons (Fsp3) is 0.292. The van der Waals surface area contributed by atoms with Crippen molar-refractivity contribution in [3.8, 4) is 11.4 Å². The largest absolute Gasteiger partial charge is 0.496 e.